The Balaban J connectivity index is 2.02. The number of para-hydroxylation sites is 1. The Morgan fingerprint density at radius 2 is 2.00 bits per heavy atom. The van der Waals surface area contributed by atoms with Crippen molar-refractivity contribution in [3.8, 4) is 11.8 Å². The Labute approximate surface area is 196 Å². The van der Waals surface area contributed by atoms with Gasteiger partial charge < -0.3 is 24.0 Å². The van der Waals surface area contributed by atoms with Gasteiger partial charge in [0.05, 0.1) is 23.3 Å². The lowest BCUT2D eigenvalue weighted by atomic mass is 9.98. The number of fused-ring (bicyclic) bond motifs is 3. The predicted octanol–water partition coefficient (Wildman–Crippen LogP) is 2.99. The van der Waals surface area contributed by atoms with Crippen molar-refractivity contribution in [2.24, 2.45) is 0 Å². The number of unbranched alkanes of at least 4 members (excludes halogenated alkanes) is 1. The summed E-state index contributed by atoms with van der Waals surface area (Å²) in [6, 6.07) is 6.47. The summed E-state index contributed by atoms with van der Waals surface area (Å²) in [5, 5.41) is 9.66. The van der Waals surface area contributed by atoms with Gasteiger partial charge in [-0.25, -0.2) is 0 Å². The number of benzene rings is 1. The molecule has 1 saturated heterocycles. The molecule has 2 heterocycles. The van der Waals surface area contributed by atoms with Crippen LogP contribution in [0.3, 0.4) is 0 Å². The van der Waals surface area contributed by atoms with Gasteiger partial charge in [-0.1, -0.05) is 25.8 Å². The lowest BCUT2D eigenvalue weighted by molar-refractivity contribution is -0.146. The second-order valence-corrected chi connectivity index (χ2v) is 8.88. The van der Waals surface area contributed by atoms with E-state index in [1.165, 1.54) is 4.90 Å². The number of likely N-dealkylation sites (N-methyl/N-ethyl adjacent to an activating group) is 2. The van der Waals surface area contributed by atoms with Crippen molar-refractivity contribution in [2.75, 3.05) is 34.4 Å². The molecular formula is C25H35N3O5. The van der Waals surface area contributed by atoms with E-state index in [0.29, 0.717) is 19.4 Å². The number of hydrogen-bond donors (Lipinski definition) is 0. The molecule has 3 rings (SSSR count). The first-order valence-corrected chi connectivity index (χ1v) is 11.8. The summed E-state index contributed by atoms with van der Waals surface area (Å²) in [6.07, 6.45) is 4.21. The highest BCUT2D eigenvalue weighted by molar-refractivity contribution is 6.00. The molecule has 2 aliphatic rings. The third kappa shape index (κ3) is 5.66. The molecule has 180 valence electrons. The number of carbonyl (C=O) groups is 2. The molecule has 2 aliphatic heterocycles. The fourth-order valence-electron chi connectivity index (χ4n) is 4.60. The van der Waals surface area contributed by atoms with Gasteiger partial charge in [-0.15, -0.1) is 0 Å². The highest BCUT2D eigenvalue weighted by Crippen LogP contribution is 2.30. The maximum Gasteiger partial charge on any atom is 0.258 e. The van der Waals surface area contributed by atoms with Gasteiger partial charge in [0, 0.05) is 27.7 Å². The molecule has 1 aromatic rings. The van der Waals surface area contributed by atoms with Gasteiger partial charge in [-0.2, -0.15) is 5.26 Å². The van der Waals surface area contributed by atoms with Crippen LogP contribution in [0, 0.1) is 11.3 Å². The maximum absolute atomic E-state index is 13.5. The lowest BCUT2D eigenvalue weighted by Crippen LogP contribution is -2.50. The number of rotatable bonds is 4. The van der Waals surface area contributed by atoms with E-state index in [0.717, 1.165) is 25.7 Å². The molecule has 0 radical (unpaired) electrons. The van der Waals surface area contributed by atoms with Gasteiger partial charge in [-0.05, 0) is 37.8 Å². The van der Waals surface area contributed by atoms with Crippen molar-refractivity contribution in [3.63, 3.8) is 0 Å². The molecule has 8 heteroatoms. The minimum Gasteiger partial charge on any atom is -0.489 e. The topological polar surface area (TPSA) is 92.1 Å². The minimum absolute atomic E-state index is 0.0117. The molecule has 0 spiro atoms. The average Bonchev–Trinajstić information content (AvgIpc) is 2.84. The average molecular weight is 458 g/mol. The van der Waals surface area contributed by atoms with E-state index in [2.05, 4.69) is 13.0 Å². The first-order valence-electron chi connectivity index (χ1n) is 11.8. The smallest absolute Gasteiger partial charge is 0.258 e. The fourth-order valence-corrected chi connectivity index (χ4v) is 4.60. The Morgan fingerprint density at radius 1 is 1.21 bits per heavy atom. The molecular weight excluding hydrogens is 422 g/mol. The highest BCUT2D eigenvalue weighted by Gasteiger charge is 2.35. The van der Waals surface area contributed by atoms with Gasteiger partial charge in [0.1, 0.15) is 30.6 Å². The molecule has 0 unspecified atom stereocenters. The van der Waals surface area contributed by atoms with Crippen LogP contribution in [-0.4, -0.2) is 80.3 Å². The Morgan fingerprint density at radius 3 is 2.70 bits per heavy atom. The van der Waals surface area contributed by atoms with Crippen molar-refractivity contribution in [2.45, 2.75) is 69.8 Å². The summed E-state index contributed by atoms with van der Waals surface area (Å²) in [5.41, 5.74) is 0.545. The molecule has 0 N–H and O–H groups in total. The van der Waals surface area contributed by atoms with Crippen LogP contribution in [0.4, 0.5) is 0 Å². The fraction of sp³-hybridized carbons (Fsp3) is 0.640. The predicted molar refractivity (Wildman–Crippen MR) is 123 cm³/mol. The molecule has 4 atom stereocenters. The lowest BCUT2D eigenvalue weighted by Gasteiger charge is -2.37. The van der Waals surface area contributed by atoms with E-state index < -0.39 is 6.04 Å². The number of carbonyl (C=O) groups excluding carboxylic acids is 2. The van der Waals surface area contributed by atoms with Crippen molar-refractivity contribution >= 4 is 11.8 Å². The van der Waals surface area contributed by atoms with Crippen LogP contribution in [0.25, 0.3) is 0 Å². The first kappa shape index (κ1) is 25.0. The molecule has 0 aromatic heterocycles. The van der Waals surface area contributed by atoms with Crippen molar-refractivity contribution in [1.29, 1.82) is 5.26 Å². The van der Waals surface area contributed by atoms with E-state index in [9.17, 15) is 14.9 Å². The van der Waals surface area contributed by atoms with Gasteiger partial charge in [0.2, 0.25) is 5.91 Å². The van der Waals surface area contributed by atoms with Gasteiger partial charge >= 0.3 is 0 Å². The van der Waals surface area contributed by atoms with Gasteiger partial charge in [0.15, 0.2) is 0 Å². The summed E-state index contributed by atoms with van der Waals surface area (Å²) in [6.45, 7) is 2.78. The standard InChI is InChI=1S/C25H35N3O5/c1-5-6-10-20-25(30)27(2)14-13-18-11-12-21(31-4)22(33-18)16-32-23-17(15-26)8-7-9-19(23)24(29)28(20)3/h7-9,18,20-22H,5-6,10-14,16H2,1-4H3/t18-,20+,21-,22-/m0/s1. The van der Waals surface area contributed by atoms with E-state index in [1.807, 2.05) is 0 Å². The van der Waals surface area contributed by atoms with Crippen LogP contribution in [0.1, 0.15) is 61.4 Å². The van der Waals surface area contributed by atoms with E-state index in [4.69, 9.17) is 14.2 Å². The number of hydrogen-bond acceptors (Lipinski definition) is 6. The summed E-state index contributed by atoms with van der Waals surface area (Å²) in [5.74, 6) is -0.199. The van der Waals surface area contributed by atoms with Crippen LogP contribution in [0.5, 0.6) is 5.75 Å². The van der Waals surface area contributed by atoms with Crippen LogP contribution >= 0.6 is 0 Å². The molecule has 8 nitrogen and oxygen atoms in total. The summed E-state index contributed by atoms with van der Waals surface area (Å²) in [4.78, 5) is 30.1. The highest BCUT2D eigenvalue weighted by atomic mass is 16.6. The second kappa shape index (κ2) is 11.5. The van der Waals surface area contributed by atoms with Crippen LogP contribution in [0.2, 0.25) is 0 Å². The first-order chi connectivity index (χ1) is 15.9. The number of nitriles is 1. The largest absolute Gasteiger partial charge is 0.489 e. The molecule has 0 saturated carbocycles. The number of nitrogens with zero attached hydrogens (tertiary/aromatic N) is 3. The van der Waals surface area contributed by atoms with Crippen molar-refractivity contribution in [1.82, 2.24) is 9.80 Å². The summed E-state index contributed by atoms with van der Waals surface area (Å²) in [7, 11) is 5.09. The molecule has 2 amide bonds. The molecule has 33 heavy (non-hydrogen) atoms. The molecule has 0 aliphatic carbocycles. The van der Waals surface area contributed by atoms with Gasteiger partial charge in [-0.3, -0.25) is 9.59 Å². The van der Waals surface area contributed by atoms with Crippen LogP contribution in [0.15, 0.2) is 18.2 Å². The monoisotopic (exact) mass is 457 g/mol. The Kier molecular flexibility index (Phi) is 8.70. The maximum atomic E-state index is 13.5. The number of amides is 2. The zero-order valence-corrected chi connectivity index (χ0v) is 20.1. The van der Waals surface area contributed by atoms with E-state index in [-0.39, 0.29) is 53.6 Å². The van der Waals surface area contributed by atoms with Crippen LogP contribution < -0.4 is 4.74 Å². The molecule has 1 fully saturated rings. The zero-order valence-electron chi connectivity index (χ0n) is 20.1. The van der Waals surface area contributed by atoms with E-state index in [1.54, 1.807) is 44.3 Å². The Hall–Kier alpha value is -2.63. The normalized spacial score (nSPS) is 26.8. The second-order valence-electron chi connectivity index (χ2n) is 8.88. The zero-order chi connectivity index (χ0) is 24.0. The molecule has 2 bridgehead atoms. The summed E-state index contributed by atoms with van der Waals surface area (Å²) >= 11 is 0. The SMILES string of the molecule is CCCC[C@@H]1C(=O)N(C)CC[C@@H]2CC[C@H](OC)[C@H](COc3c(C#N)cccc3C(=O)N1C)O2. The number of methoxy groups -OCH3 is 1. The van der Waals surface area contributed by atoms with Crippen molar-refractivity contribution in [3.05, 3.63) is 29.3 Å². The van der Waals surface area contributed by atoms with Crippen LogP contribution in [-0.2, 0) is 14.3 Å². The summed E-state index contributed by atoms with van der Waals surface area (Å²) < 4.78 is 18.0. The van der Waals surface area contributed by atoms with Gasteiger partial charge in [0.25, 0.3) is 5.91 Å². The van der Waals surface area contributed by atoms with Crippen molar-refractivity contribution < 1.29 is 23.8 Å². The third-order valence-corrected chi connectivity index (χ3v) is 6.68. The Bertz CT molecular complexity index is 883. The third-order valence-electron chi connectivity index (χ3n) is 6.68. The quantitative estimate of drug-likeness (QED) is 0.690. The minimum atomic E-state index is -0.582. The molecule has 1 aromatic carbocycles. The van der Waals surface area contributed by atoms with E-state index >= 15 is 0 Å². The number of ether oxygens (including phenoxy) is 3.